The second-order valence-corrected chi connectivity index (χ2v) is 5.89. The molecule has 17 heavy (non-hydrogen) atoms. The van der Waals surface area contributed by atoms with Crippen LogP contribution in [0.15, 0.2) is 0 Å². The molecule has 0 spiro atoms. The molecule has 0 aromatic rings. The van der Waals surface area contributed by atoms with Crippen molar-refractivity contribution in [3.63, 3.8) is 0 Å². The quantitative estimate of drug-likeness (QED) is 0.589. The van der Waals surface area contributed by atoms with Crippen LogP contribution in [0.4, 0.5) is 0 Å². The maximum atomic E-state index is 5.06. The van der Waals surface area contributed by atoms with Crippen molar-refractivity contribution in [3.8, 4) is 0 Å². The molecule has 100 valence electrons. The van der Waals surface area contributed by atoms with Crippen molar-refractivity contribution in [2.45, 2.75) is 38.6 Å². The Morgan fingerprint density at radius 2 is 1.76 bits per heavy atom. The van der Waals surface area contributed by atoms with Crippen LogP contribution in [0.1, 0.15) is 32.6 Å². The second kappa shape index (κ2) is 6.72. The molecule has 2 aliphatic rings. The lowest BCUT2D eigenvalue weighted by Gasteiger charge is -2.29. The molecule has 1 atom stereocenters. The van der Waals surface area contributed by atoms with Crippen LogP contribution in [0.5, 0.6) is 0 Å². The van der Waals surface area contributed by atoms with Crippen LogP contribution in [0.25, 0.3) is 0 Å². The Morgan fingerprint density at radius 3 is 2.24 bits per heavy atom. The van der Waals surface area contributed by atoms with Crippen LogP contribution in [0.2, 0.25) is 0 Å². The molecule has 0 aliphatic heterocycles. The third-order valence-electron chi connectivity index (χ3n) is 3.93. The van der Waals surface area contributed by atoms with Gasteiger partial charge in [-0.25, -0.2) is 0 Å². The van der Waals surface area contributed by atoms with E-state index in [4.69, 9.17) is 4.74 Å². The molecule has 2 rings (SSSR count). The first-order valence-corrected chi connectivity index (χ1v) is 7.23. The third kappa shape index (κ3) is 5.36. The minimum absolute atomic E-state index is 0.674. The van der Waals surface area contributed by atoms with Gasteiger partial charge in [-0.3, -0.25) is 4.90 Å². The summed E-state index contributed by atoms with van der Waals surface area (Å²) in [5.74, 6) is 2.02. The number of hydrogen-bond donors (Lipinski definition) is 1. The van der Waals surface area contributed by atoms with Crippen LogP contribution in [-0.2, 0) is 4.74 Å². The molecule has 0 amide bonds. The number of rotatable bonds is 10. The van der Waals surface area contributed by atoms with E-state index in [9.17, 15) is 0 Å². The van der Waals surface area contributed by atoms with Crippen molar-refractivity contribution < 1.29 is 4.74 Å². The zero-order valence-electron chi connectivity index (χ0n) is 11.5. The maximum absolute atomic E-state index is 5.06. The Kier molecular flexibility index (Phi) is 5.26. The Hall–Kier alpha value is -0.120. The SMILES string of the molecule is COCCNCC(C)N(CC1CC1)CC1CC1. The Labute approximate surface area is 106 Å². The fourth-order valence-corrected chi connectivity index (χ4v) is 2.31. The van der Waals surface area contributed by atoms with E-state index in [1.165, 1.54) is 38.8 Å². The van der Waals surface area contributed by atoms with E-state index < -0.39 is 0 Å². The van der Waals surface area contributed by atoms with Crippen LogP contribution in [0, 0.1) is 11.8 Å². The van der Waals surface area contributed by atoms with Crippen molar-refractivity contribution in [1.29, 1.82) is 0 Å². The van der Waals surface area contributed by atoms with Crippen LogP contribution < -0.4 is 5.32 Å². The van der Waals surface area contributed by atoms with Gasteiger partial charge in [0.05, 0.1) is 6.61 Å². The van der Waals surface area contributed by atoms with Gasteiger partial charge in [-0.1, -0.05) is 0 Å². The van der Waals surface area contributed by atoms with Gasteiger partial charge in [-0.05, 0) is 44.4 Å². The topological polar surface area (TPSA) is 24.5 Å². The highest BCUT2D eigenvalue weighted by molar-refractivity contribution is 4.85. The van der Waals surface area contributed by atoms with Crippen molar-refractivity contribution >= 4 is 0 Å². The van der Waals surface area contributed by atoms with Crippen LogP contribution in [-0.4, -0.2) is 50.8 Å². The molecule has 1 N–H and O–H groups in total. The van der Waals surface area contributed by atoms with Gasteiger partial charge in [-0.15, -0.1) is 0 Å². The summed E-state index contributed by atoms with van der Waals surface area (Å²) < 4.78 is 5.06. The molecule has 0 radical (unpaired) electrons. The molecule has 3 nitrogen and oxygen atoms in total. The van der Waals surface area contributed by atoms with Crippen LogP contribution in [0.3, 0.4) is 0 Å². The van der Waals surface area contributed by atoms with Gasteiger partial charge in [0.25, 0.3) is 0 Å². The van der Waals surface area contributed by atoms with Gasteiger partial charge in [0.1, 0.15) is 0 Å². The van der Waals surface area contributed by atoms with Crippen molar-refractivity contribution in [2.75, 3.05) is 39.9 Å². The molecule has 2 saturated carbocycles. The highest BCUT2D eigenvalue weighted by Gasteiger charge is 2.30. The first kappa shape index (κ1) is 13.3. The van der Waals surface area contributed by atoms with Crippen molar-refractivity contribution in [1.82, 2.24) is 10.2 Å². The predicted octanol–water partition coefficient (Wildman–Crippen LogP) is 1.73. The molecule has 2 fully saturated rings. The van der Waals surface area contributed by atoms with E-state index >= 15 is 0 Å². The minimum Gasteiger partial charge on any atom is -0.383 e. The van der Waals surface area contributed by atoms with E-state index in [0.29, 0.717) is 6.04 Å². The number of nitrogens with one attached hydrogen (secondary N) is 1. The Bertz CT molecular complexity index is 200. The normalized spacial score (nSPS) is 22.1. The molecular weight excluding hydrogens is 212 g/mol. The smallest absolute Gasteiger partial charge is 0.0587 e. The average molecular weight is 240 g/mol. The minimum atomic E-state index is 0.674. The average Bonchev–Trinajstić information content (AvgIpc) is 3.17. The molecule has 0 aromatic heterocycles. The Balaban J connectivity index is 1.64. The highest BCUT2D eigenvalue weighted by atomic mass is 16.5. The summed E-state index contributed by atoms with van der Waals surface area (Å²) in [6, 6.07) is 0.674. The fourth-order valence-electron chi connectivity index (χ4n) is 2.31. The summed E-state index contributed by atoms with van der Waals surface area (Å²) in [6.45, 7) is 7.93. The molecule has 0 saturated heterocycles. The molecule has 2 aliphatic carbocycles. The van der Waals surface area contributed by atoms with E-state index in [1.54, 1.807) is 7.11 Å². The zero-order valence-corrected chi connectivity index (χ0v) is 11.5. The molecule has 0 aromatic carbocycles. The fraction of sp³-hybridized carbons (Fsp3) is 1.00. The third-order valence-corrected chi connectivity index (χ3v) is 3.93. The second-order valence-electron chi connectivity index (χ2n) is 5.89. The van der Waals surface area contributed by atoms with Gasteiger partial charge >= 0.3 is 0 Å². The molecule has 3 heteroatoms. The summed E-state index contributed by atoms with van der Waals surface area (Å²) in [5.41, 5.74) is 0. The number of methoxy groups -OCH3 is 1. The van der Waals surface area contributed by atoms with Crippen LogP contribution >= 0.6 is 0 Å². The largest absolute Gasteiger partial charge is 0.383 e. The van der Waals surface area contributed by atoms with Gasteiger partial charge in [-0.2, -0.15) is 0 Å². The summed E-state index contributed by atoms with van der Waals surface area (Å²) >= 11 is 0. The first-order chi connectivity index (χ1) is 8.29. The highest BCUT2D eigenvalue weighted by Crippen LogP contribution is 2.34. The van der Waals surface area contributed by atoms with Gasteiger partial charge in [0.15, 0.2) is 0 Å². The summed E-state index contributed by atoms with van der Waals surface area (Å²) in [4.78, 5) is 2.72. The Morgan fingerprint density at radius 1 is 1.18 bits per heavy atom. The first-order valence-electron chi connectivity index (χ1n) is 7.23. The summed E-state index contributed by atoms with van der Waals surface area (Å²) in [5, 5.41) is 3.49. The van der Waals surface area contributed by atoms with E-state index in [1.807, 2.05) is 0 Å². The summed E-state index contributed by atoms with van der Waals surface area (Å²) in [6.07, 6.45) is 5.85. The number of ether oxygens (including phenoxy) is 1. The standard InChI is InChI=1S/C14H28N2O/c1-12(9-15-7-8-17-2)16(10-13-3-4-13)11-14-5-6-14/h12-15H,3-11H2,1-2H3. The predicted molar refractivity (Wildman–Crippen MR) is 71.2 cm³/mol. The summed E-state index contributed by atoms with van der Waals surface area (Å²) in [7, 11) is 1.76. The lowest BCUT2D eigenvalue weighted by molar-refractivity contribution is 0.174. The zero-order chi connectivity index (χ0) is 12.1. The number of nitrogens with zero attached hydrogens (tertiary/aromatic N) is 1. The molecule has 1 unspecified atom stereocenters. The van der Waals surface area contributed by atoms with Crippen molar-refractivity contribution in [3.05, 3.63) is 0 Å². The van der Waals surface area contributed by atoms with E-state index in [0.717, 1.165) is 31.5 Å². The lowest BCUT2D eigenvalue weighted by Crippen LogP contribution is -2.43. The molecule has 0 bridgehead atoms. The monoisotopic (exact) mass is 240 g/mol. The van der Waals surface area contributed by atoms with E-state index in [2.05, 4.69) is 17.1 Å². The van der Waals surface area contributed by atoms with E-state index in [-0.39, 0.29) is 0 Å². The van der Waals surface area contributed by atoms with Gasteiger partial charge in [0, 0.05) is 39.3 Å². The van der Waals surface area contributed by atoms with Gasteiger partial charge in [0.2, 0.25) is 0 Å². The molecular formula is C14H28N2O. The maximum Gasteiger partial charge on any atom is 0.0587 e. The lowest BCUT2D eigenvalue weighted by atomic mass is 10.2. The molecule has 0 heterocycles. The van der Waals surface area contributed by atoms with Gasteiger partial charge < -0.3 is 10.1 Å². The number of hydrogen-bond acceptors (Lipinski definition) is 3. The van der Waals surface area contributed by atoms with Crippen molar-refractivity contribution in [2.24, 2.45) is 11.8 Å².